The number of anilines is 1. The molecule has 5 nitrogen and oxygen atoms in total. The van der Waals surface area contributed by atoms with E-state index in [2.05, 4.69) is 71.6 Å². The molecule has 32 heavy (non-hydrogen) atoms. The summed E-state index contributed by atoms with van der Waals surface area (Å²) in [7, 11) is 0. The molecule has 2 aliphatic rings. The molecule has 2 aliphatic heterocycles. The van der Waals surface area contributed by atoms with Gasteiger partial charge in [0.05, 0.1) is 5.69 Å². The van der Waals surface area contributed by atoms with Crippen molar-refractivity contribution in [2.75, 3.05) is 24.5 Å². The highest BCUT2D eigenvalue weighted by Gasteiger charge is 2.40. The van der Waals surface area contributed by atoms with Gasteiger partial charge in [0.2, 0.25) is 0 Å². The average Bonchev–Trinajstić information content (AvgIpc) is 2.97. The van der Waals surface area contributed by atoms with Crippen molar-refractivity contribution < 1.29 is 9.53 Å². The number of benzene rings is 3. The van der Waals surface area contributed by atoms with Crippen LogP contribution in [-0.4, -0.2) is 36.2 Å². The van der Waals surface area contributed by atoms with Gasteiger partial charge in [0.25, 0.3) is 0 Å². The van der Waals surface area contributed by atoms with E-state index in [-0.39, 0.29) is 11.6 Å². The zero-order valence-electron chi connectivity index (χ0n) is 18.2. The van der Waals surface area contributed by atoms with Gasteiger partial charge in [-0.15, -0.1) is 0 Å². The summed E-state index contributed by atoms with van der Waals surface area (Å²) in [5, 5.41) is 0. The van der Waals surface area contributed by atoms with Crippen LogP contribution in [0.2, 0.25) is 0 Å². The van der Waals surface area contributed by atoms with Gasteiger partial charge in [-0.3, -0.25) is 0 Å². The van der Waals surface area contributed by atoms with Gasteiger partial charge in [-0.2, -0.15) is 0 Å². The van der Waals surface area contributed by atoms with E-state index < -0.39 is 0 Å². The second kappa shape index (κ2) is 8.58. The fraction of sp³-hybridized carbons (Fsp3) is 0.296. The lowest BCUT2D eigenvalue weighted by Gasteiger charge is -2.40. The van der Waals surface area contributed by atoms with Crippen LogP contribution in [0, 0.1) is 0 Å². The molecule has 0 radical (unpaired) electrons. The molecule has 3 aromatic rings. The number of amides is 2. The number of fused-ring (bicyclic) bond motifs is 1. The largest absolute Gasteiger partial charge is 0.485 e. The third kappa shape index (κ3) is 4.15. The lowest BCUT2D eigenvalue weighted by molar-refractivity contribution is 0.0105. The van der Waals surface area contributed by atoms with Crippen LogP contribution >= 0.6 is 0 Å². The maximum atomic E-state index is 11.6. The van der Waals surface area contributed by atoms with E-state index in [1.165, 1.54) is 16.7 Å². The van der Waals surface area contributed by atoms with Crippen LogP contribution in [0.4, 0.5) is 10.5 Å². The Morgan fingerprint density at radius 2 is 1.44 bits per heavy atom. The van der Waals surface area contributed by atoms with Gasteiger partial charge >= 0.3 is 6.03 Å². The van der Waals surface area contributed by atoms with Crippen molar-refractivity contribution in [2.45, 2.75) is 31.4 Å². The van der Waals surface area contributed by atoms with E-state index in [1.807, 2.05) is 12.1 Å². The maximum Gasteiger partial charge on any atom is 0.314 e. The van der Waals surface area contributed by atoms with Crippen LogP contribution in [0.5, 0.6) is 5.75 Å². The van der Waals surface area contributed by atoms with Crippen molar-refractivity contribution in [3.05, 3.63) is 84.4 Å². The Bertz CT molecular complexity index is 1070. The molecular formula is C27H29N3O2. The minimum Gasteiger partial charge on any atom is -0.485 e. The third-order valence-electron chi connectivity index (χ3n) is 6.79. The quantitative estimate of drug-likeness (QED) is 0.636. The normalized spacial score (nSPS) is 17.4. The molecule has 0 aliphatic carbocycles. The monoisotopic (exact) mass is 427 g/mol. The molecule has 1 spiro atoms. The summed E-state index contributed by atoms with van der Waals surface area (Å²) in [5.74, 6) is 0.929. The minimum atomic E-state index is -0.338. The number of piperidine rings is 1. The number of urea groups is 1. The Morgan fingerprint density at radius 3 is 2.16 bits per heavy atom. The van der Waals surface area contributed by atoms with E-state index in [9.17, 15) is 4.79 Å². The van der Waals surface area contributed by atoms with Crippen molar-refractivity contribution in [3.63, 3.8) is 0 Å². The molecular weight excluding hydrogens is 398 g/mol. The number of rotatable bonds is 3. The van der Waals surface area contributed by atoms with E-state index in [0.717, 1.165) is 43.8 Å². The molecule has 5 rings (SSSR count). The van der Waals surface area contributed by atoms with Crippen molar-refractivity contribution in [1.82, 2.24) is 4.90 Å². The molecule has 0 aromatic heterocycles. The lowest BCUT2D eigenvalue weighted by atomic mass is 9.88. The second-order valence-electron chi connectivity index (χ2n) is 8.81. The van der Waals surface area contributed by atoms with Crippen LogP contribution in [0.15, 0.2) is 78.9 Å². The predicted octanol–water partition coefficient (Wildman–Crippen LogP) is 5.06. The number of ether oxygens (including phenoxy) is 1. The van der Waals surface area contributed by atoms with Gasteiger partial charge in [0.1, 0.15) is 11.4 Å². The van der Waals surface area contributed by atoms with Gasteiger partial charge in [-0.25, -0.2) is 4.79 Å². The number of para-hydroxylation sites is 2. The number of nitrogens with zero attached hydrogens (tertiary/aromatic N) is 2. The molecule has 1 saturated heterocycles. The first-order valence-corrected chi connectivity index (χ1v) is 11.3. The number of carbonyl (C=O) groups is 1. The SMILES string of the molecule is NC(=O)N1CCC2(CC1)CCN(Cc1ccc(-c3ccccc3)cc1)c1ccccc1O2. The first-order valence-electron chi connectivity index (χ1n) is 11.3. The van der Waals surface area contributed by atoms with Crippen LogP contribution < -0.4 is 15.4 Å². The summed E-state index contributed by atoms with van der Waals surface area (Å²) in [6.07, 6.45) is 2.55. The first-order chi connectivity index (χ1) is 15.6. The number of primary amides is 1. The smallest absolute Gasteiger partial charge is 0.314 e. The number of nitrogens with two attached hydrogens (primary N) is 1. The summed E-state index contributed by atoms with van der Waals surface area (Å²) in [6, 6.07) is 27.3. The molecule has 0 unspecified atom stereocenters. The van der Waals surface area contributed by atoms with Crippen molar-refractivity contribution in [3.8, 4) is 16.9 Å². The van der Waals surface area contributed by atoms with Gasteiger partial charge in [0.15, 0.2) is 0 Å². The lowest BCUT2D eigenvalue weighted by Crippen LogP contribution is -2.51. The van der Waals surface area contributed by atoms with Crippen molar-refractivity contribution >= 4 is 11.7 Å². The number of carbonyl (C=O) groups excluding carboxylic acids is 1. The Morgan fingerprint density at radius 1 is 0.812 bits per heavy atom. The molecule has 3 aromatic carbocycles. The van der Waals surface area contributed by atoms with Crippen LogP contribution in [0.3, 0.4) is 0 Å². The Labute approximate surface area is 189 Å². The standard InChI is InChI=1S/C27H29N3O2/c28-26(31)29-17-14-27(15-18-29)16-19-30(24-8-4-5-9-25(24)32-27)20-21-10-12-23(13-11-21)22-6-2-1-3-7-22/h1-13H,14-20H2,(H2,28,31). The average molecular weight is 428 g/mol. The zero-order valence-corrected chi connectivity index (χ0v) is 18.2. The molecule has 2 amide bonds. The number of hydrogen-bond acceptors (Lipinski definition) is 3. The molecule has 0 bridgehead atoms. The summed E-state index contributed by atoms with van der Waals surface area (Å²) in [5.41, 5.74) is 10.1. The van der Waals surface area contributed by atoms with E-state index >= 15 is 0 Å². The summed E-state index contributed by atoms with van der Waals surface area (Å²) in [4.78, 5) is 15.7. The topological polar surface area (TPSA) is 58.8 Å². The summed E-state index contributed by atoms with van der Waals surface area (Å²) >= 11 is 0. The van der Waals surface area contributed by atoms with Crippen molar-refractivity contribution in [2.24, 2.45) is 5.73 Å². The highest BCUT2D eigenvalue weighted by molar-refractivity contribution is 5.72. The maximum absolute atomic E-state index is 11.6. The highest BCUT2D eigenvalue weighted by atomic mass is 16.5. The third-order valence-corrected chi connectivity index (χ3v) is 6.79. The molecule has 2 heterocycles. The van der Waals surface area contributed by atoms with Crippen LogP contribution in [0.25, 0.3) is 11.1 Å². The fourth-order valence-corrected chi connectivity index (χ4v) is 4.85. The van der Waals surface area contributed by atoms with E-state index in [0.29, 0.717) is 13.1 Å². The van der Waals surface area contributed by atoms with Crippen molar-refractivity contribution in [1.29, 1.82) is 0 Å². The van der Waals surface area contributed by atoms with Crippen LogP contribution in [-0.2, 0) is 6.54 Å². The van der Waals surface area contributed by atoms with Gasteiger partial charge in [-0.1, -0.05) is 66.7 Å². The molecule has 2 N–H and O–H groups in total. The Hall–Kier alpha value is -3.47. The molecule has 0 saturated carbocycles. The number of likely N-dealkylation sites (tertiary alicyclic amines) is 1. The fourth-order valence-electron chi connectivity index (χ4n) is 4.85. The molecule has 1 fully saturated rings. The predicted molar refractivity (Wildman–Crippen MR) is 128 cm³/mol. The Balaban J connectivity index is 1.35. The van der Waals surface area contributed by atoms with Gasteiger partial charge in [-0.05, 0) is 28.8 Å². The second-order valence-corrected chi connectivity index (χ2v) is 8.81. The molecule has 5 heteroatoms. The van der Waals surface area contributed by atoms with E-state index in [4.69, 9.17) is 10.5 Å². The van der Waals surface area contributed by atoms with Crippen LogP contribution in [0.1, 0.15) is 24.8 Å². The minimum absolute atomic E-state index is 0.242. The molecule has 0 atom stereocenters. The van der Waals surface area contributed by atoms with Gasteiger partial charge in [0, 0.05) is 45.4 Å². The Kier molecular flexibility index (Phi) is 5.48. The molecule has 164 valence electrons. The highest BCUT2D eigenvalue weighted by Crippen LogP contribution is 2.41. The first kappa shape index (κ1) is 20.4. The summed E-state index contributed by atoms with van der Waals surface area (Å²) in [6.45, 7) is 3.05. The van der Waals surface area contributed by atoms with E-state index in [1.54, 1.807) is 4.90 Å². The summed E-state index contributed by atoms with van der Waals surface area (Å²) < 4.78 is 6.64. The van der Waals surface area contributed by atoms with Gasteiger partial charge < -0.3 is 20.3 Å². The zero-order chi connectivity index (χ0) is 22.0. The number of hydrogen-bond donors (Lipinski definition) is 1.